The molecule has 3 rings (SSSR count). The number of anilines is 1. The van der Waals surface area contributed by atoms with E-state index in [1.807, 2.05) is 19.9 Å². The van der Waals surface area contributed by atoms with Crippen molar-refractivity contribution in [2.24, 2.45) is 5.14 Å². The molecule has 0 spiro atoms. The molecule has 0 saturated carbocycles. The molecule has 0 atom stereocenters. The maximum absolute atomic E-state index is 11.3. The maximum atomic E-state index is 11.3. The van der Waals surface area contributed by atoms with Crippen molar-refractivity contribution < 1.29 is 8.42 Å². The topological polar surface area (TPSA) is 116 Å². The Bertz CT molecular complexity index is 1010. The molecule has 0 aliphatic carbocycles. The van der Waals surface area contributed by atoms with E-state index >= 15 is 0 Å². The minimum atomic E-state index is -3.66. The molecule has 0 aliphatic rings. The van der Waals surface area contributed by atoms with Crippen LogP contribution < -0.4 is 10.5 Å². The van der Waals surface area contributed by atoms with Crippen LogP contribution in [0.1, 0.15) is 17.0 Å². The molecule has 136 valence electrons. The average Bonchev–Trinajstić information content (AvgIpc) is 2.93. The van der Waals surface area contributed by atoms with Gasteiger partial charge in [-0.2, -0.15) is 5.10 Å². The number of hydrogen-bond donors (Lipinski definition) is 2. The molecule has 0 amide bonds. The molecule has 3 N–H and O–H groups in total. The van der Waals surface area contributed by atoms with Crippen molar-refractivity contribution in [1.82, 2.24) is 19.7 Å². The predicted molar refractivity (Wildman–Crippen MR) is 98.6 cm³/mol. The van der Waals surface area contributed by atoms with Crippen LogP contribution in [0.3, 0.4) is 0 Å². The van der Waals surface area contributed by atoms with E-state index in [2.05, 4.69) is 20.4 Å². The fourth-order valence-electron chi connectivity index (χ4n) is 2.58. The lowest BCUT2D eigenvalue weighted by atomic mass is 10.1. The number of benzene rings is 1. The summed E-state index contributed by atoms with van der Waals surface area (Å²) in [6, 6.07) is 8.49. The van der Waals surface area contributed by atoms with Crippen molar-refractivity contribution in [3.63, 3.8) is 0 Å². The number of rotatable bonds is 6. The Morgan fingerprint density at radius 3 is 2.50 bits per heavy atom. The van der Waals surface area contributed by atoms with E-state index in [1.165, 1.54) is 12.1 Å². The van der Waals surface area contributed by atoms with Crippen LogP contribution in [-0.2, 0) is 16.4 Å². The second-order valence-corrected chi connectivity index (χ2v) is 7.53. The molecule has 2 aromatic heterocycles. The second-order valence-electron chi connectivity index (χ2n) is 5.97. The number of hydrogen-bond acceptors (Lipinski definition) is 6. The van der Waals surface area contributed by atoms with E-state index in [-0.39, 0.29) is 4.90 Å². The van der Waals surface area contributed by atoms with Crippen LogP contribution in [0, 0.1) is 13.8 Å². The maximum Gasteiger partial charge on any atom is 0.238 e. The summed E-state index contributed by atoms with van der Waals surface area (Å²) in [5.41, 5.74) is 2.90. The van der Waals surface area contributed by atoms with Crippen LogP contribution in [0.4, 0.5) is 5.82 Å². The van der Waals surface area contributed by atoms with Gasteiger partial charge in [0.05, 0.1) is 23.0 Å². The van der Waals surface area contributed by atoms with Crippen molar-refractivity contribution in [2.75, 3.05) is 11.9 Å². The van der Waals surface area contributed by atoms with Gasteiger partial charge in [-0.1, -0.05) is 12.1 Å². The molecule has 0 unspecified atom stereocenters. The molecule has 0 saturated heterocycles. The van der Waals surface area contributed by atoms with Gasteiger partial charge in [0.1, 0.15) is 5.82 Å². The molecular formula is C17H20N6O2S. The molecule has 8 nitrogen and oxygen atoms in total. The molecule has 2 heterocycles. The largest absolute Gasteiger partial charge is 0.368 e. The summed E-state index contributed by atoms with van der Waals surface area (Å²) < 4.78 is 24.3. The van der Waals surface area contributed by atoms with Gasteiger partial charge >= 0.3 is 0 Å². The van der Waals surface area contributed by atoms with Crippen molar-refractivity contribution in [1.29, 1.82) is 0 Å². The quantitative estimate of drug-likeness (QED) is 0.679. The van der Waals surface area contributed by atoms with Crippen LogP contribution in [0.15, 0.2) is 47.6 Å². The van der Waals surface area contributed by atoms with Crippen LogP contribution in [0.5, 0.6) is 0 Å². The van der Waals surface area contributed by atoms with E-state index in [4.69, 9.17) is 5.14 Å². The summed E-state index contributed by atoms with van der Waals surface area (Å²) in [6.07, 6.45) is 4.02. The summed E-state index contributed by atoms with van der Waals surface area (Å²) >= 11 is 0. The molecule has 0 fully saturated rings. The van der Waals surface area contributed by atoms with E-state index in [0.717, 1.165) is 17.0 Å². The molecule has 9 heteroatoms. The molecule has 0 radical (unpaired) electrons. The van der Waals surface area contributed by atoms with Crippen molar-refractivity contribution in [2.45, 2.75) is 25.2 Å². The third-order valence-electron chi connectivity index (χ3n) is 3.82. The van der Waals surface area contributed by atoms with Crippen LogP contribution in [0.25, 0.3) is 5.82 Å². The molecular weight excluding hydrogens is 352 g/mol. The Morgan fingerprint density at radius 2 is 1.88 bits per heavy atom. The monoisotopic (exact) mass is 372 g/mol. The first-order chi connectivity index (χ1) is 12.3. The van der Waals surface area contributed by atoms with Gasteiger partial charge in [-0.3, -0.25) is 4.98 Å². The summed E-state index contributed by atoms with van der Waals surface area (Å²) in [7, 11) is -3.66. The molecule has 1 aromatic carbocycles. The van der Waals surface area contributed by atoms with Gasteiger partial charge in [0, 0.05) is 12.2 Å². The Morgan fingerprint density at radius 1 is 1.15 bits per heavy atom. The zero-order valence-corrected chi connectivity index (χ0v) is 15.4. The normalized spacial score (nSPS) is 11.5. The number of nitrogens with two attached hydrogens (primary N) is 1. The minimum Gasteiger partial charge on any atom is -0.368 e. The third-order valence-corrected chi connectivity index (χ3v) is 4.75. The lowest BCUT2D eigenvalue weighted by molar-refractivity contribution is 0.598. The lowest BCUT2D eigenvalue weighted by Gasteiger charge is -2.08. The van der Waals surface area contributed by atoms with E-state index < -0.39 is 10.0 Å². The van der Waals surface area contributed by atoms with Crippen LogP contribution in [-0.4, -0.2) is 34.7 Å². The molecule has 0 bridgehead atoms. The highest BCUT2D eigenvalue weighted by atomic mass is 32.2. The van der Waals surface area contributed by atoms with Gasteiger partial charge in [0.15, 0.2) is 5.82 Å². The van der Waals surface area contributed by atoms with Gasteiger partial charge < -0.3 is 5.32 Å². The van der Waals surface area contributed by atoms with Crippen molar-refractivity contribution >= 4 is 15.8 Å². The van der Waals surface area contributed by atoms with Gasteiger partial charge in [-0.25, -0.2) is 23.2 Å². The third kappa shape index (κ3) is 4.24. The summed E-state index contributed by atoms with van der Waals surface area (Å²) in [5, 5.41) is 12.7. The SMILES string of the molecule is Cc1cc(C)n(-c2cncc(NCCc3ccc(S(N)(=O)=O)cc3)n2)n1. The number of aromatic nitrogens is 4. The Kier molecular flexibility index (Phi) is 5.01. The Labute approximate surface area is 152 Å². The highest BCUT2D eigenvalue weighted by Gasteiger charge is 2.08. The summed E-state index contributed by atoms with van der Waals surface area (Å²) in [5.74, 6) is 1.30. The van der Waals surface area contributed by atoms with Crippen LogP contribution in [0.2, 0.25) is 0 Å². The zero-order valence-electron chi connectivity index (χ0n) is 14.5. The zero-order chi connectivity index (χ0) is 18.7. The van der Waals surface area contributed by atoms with Crippen molar-refractivity contribution in [3.8, 4) is 5.82 Å². The molecule has 26 heavy (non-hydrogen) atoms. The standard InChI is InChI=1S/C17H20N6O2S/c1-12-9-13(2)23(22-12)17-11-19-10-16(21-17)20-8-7-14-3-5-15(6-4-14)26(18,24)25/h3-6,9-11H,7-8H2,1-2H3,(H,20,21)(H2,18,24,25). The highest BCUT2D eigenvalue weighted by molar-refractivity contribution is 7.89. The van der Waals surface area contributed by atoms with Gasteiger partial charge in [-0.05, 0) is 44.0 Å². The fourth-order valence-corrected chi connectivity index (χ4v) is 3.10. The Balaban J connectivity index is 1.64. The average molecular weight is 372 g/mol. The number of sulfonamides is 1. The smallest absolute Gasteiger partial charge is 0.238 e. The minimum absolute atomic E-state index is 0.109. The number of nitrogens with zero attached hydrogens (tertiary/aromatic N) is 4. The Hall–Kier alpha value is -2.78. The molecule has 0 aliphatic heterocycles. The first-order valence-corrected chi connectivity index (χ1v) is 9.59. The highest BCUT2D eigenvalue weighted by Crippen LogP contribution is 2.12. The number of nitrogens with one attached hydrogen (secondary N) is 1. The van der Waals surface area contributed by atoms with Crippen molar-refractivity contribution in [3.05, 3.63) is 59.7 Å². The summed E-state index contributed by atoms with van der Waals surface area (Å²) in [4.78, 5) is 8.84. The molecule has 3 aromatic rings. The fraction of sp³-hybridized carbons (Fsp3) is 0.235. The second kappa shape index (κ2) is 7.22. The van der Waals surface area contributed by atoms with Gasteiger partial charge in [0.25, 0.3) is 0 Å². The van der Waals surface area contributed by atoms with Crippen LogP contribution >= 0.6 is 0 Å². The predicted octanol–water partition coefficient (Wildman–Crippen LogP) is 1.58. The summed E-state index contributed by atoms with van der Waals surface area (Å²) in [6.45, 7) is 4.52. The van der Waals surface area contributed by atoms with E-state index in [9.17, 15) is 8.42 Å². The van der Waals surface area contributed by atoms with E-state index in [1.54, 1.807) is 29.2 Å². The first kappa shape index (κ1) is 18.0. The van der Waals surface area contributed by atoms with Gasteiger partial charge in [-0.15, -0.1) is 0 Å². The van der Waals surface area contributed by atoms with Gasteiger partial charge in [0.2, 0.25) is 10.0 Å². The number of aryl methyl sites for hydroxylation is 2. The number of primary sulfonamides is 1. The van der Waals surface area contributed by atoms with E-state index in [0.29, 0.717) is 24.6 Å². The first-order valence-electron chi connectivity index (χ1n) is 8.04. The lowest BCUT2D eigenvalue weighted by Crippen LogP contribution is -2.12.